The van der Waals surface area contributed by atoms with Crippen molar-refractivity contribution in [3.8, 4) is 11.8 Å². The summed E-state index contributed by atoms with van der Waals surface area (Å²) in [7, 11) is 5.67. The summed E-state index contributed by atoms with van der Waals surface area (Å²) >= 11 is 0. The van der Waals surface area contributed by atoms with Crippen molar-refractivity contribution in [1.82, 2.24) is 9.80 Å². The molecule has 0 radical (unpaired) electrons. The molecule has 0 spiro atoms. The predicted molar refractivity (Wildman–Crippen MR) is 108 cm³/mol. The van der Waals surface area contributed by atoms with Crippen molar-refractivity contribution in [3.05, 3.63) is 46.5 Å². The zero-order valence-electron chi connectivity index (χ0n) is 16.5. The highest BCUT2D eigenvalue weighted by Gasteiger charge is 2.28. The number of dihydropyridines is 1. The molecule has 0 saturated carbocycles. The van der Waals surface area contributed by atoms with E-state index in [0.717, 1.165) is 36.3 Å². The van der Waals surface area contributed by atoms with Gasteiger partial charge in [-0.05, 0) is 51.2 Å². The minimum atomic E-state index is -0.346. The number of likely N-dealkylation sites (tertiary alicyclic amines) is 1. The lowest BCUT2D eigenvalue weighted by Crippen LogP contribution is -2.38. The number of allylic oxidation sites excluding steroid dienone is 1. The third kappa shape index (κ3) is 4.65. The van der Waals surface area contributed by atoms with Crippen molar-refractivity contribution >= 4 is 12.2 Å². The minimum Gasteiger partial charge on any atom is -0.465 e. The number of hydrogen-bond donors (Lipinski definition) is 0. The molecule has 1 fully saturated rings. The first kappa shape index (κ1) is 19.3. The van der Waals surface area contributed by atoms with Crippen LogP contribution in [0, 0.1) is 18.8 Å². The summed E-state index contributed by atoms with van der Waals surface area (Å²) in [6, 6.07) is 6.37. The minimum absolute atomic E-state index is 0.312. The van der Waals surface area contributed by atoms with Crippen LogP contribution in [0.3, 0.4) is 0 Å². The first-order chi connectivity index (χ1) is 13.0. The van der Waals surface area contributed by atoms with Gasteiger partial charge in [0, 0.05) is 42.5 Å². The monoisotopic (exact) mass is 365 g/mol. The molecule has 1 saturated heterocycles. The summed E-state index contributed by atoms with van der Waals surface area (Å²) in [6.07, 6.45) is 5.27. The normalized spacial score (nSPS) is 22.3. The quantitative estimate of drug-likeness (QED) is 0.608. The van der Waals surface area contributed by atoms with Gasteiger partial charge in [-0.15, -0.1) is 0 Å². The molecule has 2 aliphatic heterocycles. The molecule has 3 rings (SSSR count). The van der Waals surface area contributed by atoms with Gasteiger partial charge < -0.3 is 9.64 Å². The van der Waals surface area contributed by atoms with Crippen LogP contribution in [0.1, 0.15) is 27.9 Å². The zero-order chi connectivity index (χ0) is 19.4. The van der Waals surface area contributed by atoms with Gasteiger partial charge in [0.25, 0.3) is 0 Å². The van der Waals surface area contributed by atoms with Crippen molar-refractivity contribution in [2.45, 2.75) is 25.4 Å². The molecule has 0 amide bonds. The number of benzene rings is 1. The lowest BCUT2D eigenvalue weighted by atomic mass is 10.0. The average Bonchev–Trinajstić information content (AvgIpc) is 3.17. The first-order valence-electron chi connectivity index (χ1n) is 9.31. The van der Waals surface area contributed by atoms with Crippen LogP contribution in [0.5, 0.6) is 0 Å². The number of rotatable bonds is 3. The van der Waals surface area contributed by atoms with E-state index < -0.39 is 0 Å². The number of aliphatic imine (C=N–C) groups is 1. The fourth-order valence-electron chi connectivity index (χ4n) is 3.49. The van der Waals surface area contributed by atoms with Gasteiger partial charge in [-0.2, -0.15) is 0 Å². The average molecular weight is 365 g/mol. The van der Waals surface area contributed by atoms with E-state index in [2.05, 4.69) is 46.8 Å². The third-order valence-corrected chi connectivity index (χ3v) is 5.29. The smallest absolute Gasteiger partial charge is 0.337 e. The van der Waals surface area contributed by atoms with Gasteiger partial charge in [0.15, 0.2) is 0 Å². The first-order valence-corrected chi connectivity index (χ1v) is 9.31. The number of hydrogen-bond acceptors (Lipinski definition) is 5. The molecule has 2 aliphatic rings. The molecule has 2 atom stereocenters. The lowest BCUT2D eigenvalue weighted by molar-refractivity contribution is 0.0600. The second kappa shape index (κ2) is 8.51. The molecule has 0 N–H and O–H groups in total. The topological polar surface area (TPSA) is 45.1 Å². The molecule has 0 aromatic heterocycles. The number of aryl methyl sites for hydroxylation is 1. The fraction of sp³-hybridized carbons (Fsp3) is 0.455. The Bertz CT molecular complexity index is 830. The second-order valence-corrected chi connectivity index (χ2v) is 7.36. The highest BCUT2D eigenvalue weighted by Crippen LogP contribution is 2.19. The molecule has 142 valence electrons. The Balaban J connectivity index is 1.76. The number of carbonyl (C=O) groups excluding carboxylic acids is 1. The number of nitrogens with zero attached hydrogens (tertiary/aromatic N) is 3. The van der Waals surface area contributed by atoms with Crippen molar-refractivity contribution in [2.75, 3.05) is 40.8 Å². The lowest BCUT2D eigenvalue weighted by Gasteiger charge is -2.27. The number of methoxy groups -OCH3 is 1. The standard InChI is InChI=1S/C22H27N3O2/c1-16-5-7-19(22(26)27-4)12-18(16)8-6-17-11-21(14-23-13-17)25-10-9-20(15-25)24(2)3/h5,7,11-13,20-21H,9-10,14-15H2,1-4H3. The van der Waals surface area contributed by atoms with Crippen LogP contribution in [-0.4, -0.2) is 74.9 Å². The van der Waals surface area contributed by atoms with Gasteiger partial charge >= 0.3 is 5.97 Å². The number of esters is 1. The molecule has 5 nitrogen and oxygen atoms in total. The molecule has 2 unspecified atom stereocenters. The van der Waals surface area contributed by atoms with E-state index in [1.54, 1.807) is 12.1 Å². The number of carbonyl (C=O) groups is 1. The van der Waals surface area contributed by atoms with Crippen molar-refractivity contribution in [2.24, 2.45) is 4.99 Å². The second-order valence-electron chi connectivity index (χ2n) is 7.36. The molecule has 0 bridgehead atoms. The van der Waals surface area contributed by atoms with Crippen molar-refractivity contribution in [1.29, 1.82) is 0 Å². The van der Waals surface area contributed by atoms with Gasteiger partial charge in [-0.25, -0.2) is 4.79 Å². The SMILES string of the molecule is COC(=O)c1ccc(C)c(C#CC2=CC(N3CCC(N(C)C)C3)CN=C2)c1. The Hall–Kier alpha value is -2.42. The Kier molecular flexibility index (Phi) is 6.10. The zero-order valence-corrected chi connectivity index (χ0v) is 16.5. The summed E-state index contributed by atoms with van der Waals surface area (Å²) in [6.45, 7) is 4.95. The van der Waals surface area contributed by atoms with Crippen LogP contribution in [-0.2, 0) is 4.74 Å². The molecule has 1 aromatic carbocycles. The van der Waals surface area contributed by atoms with E-state index in [9.17, 15) is 4.79 Å². The molecule has 1 aromatic rings. The van der Waals surface area contributed by atoms with Gasteiger partial charge in [-0.1, -0.05) is 17.9 Å². The van der Waals surface area contributed by atoms with E-state index in [1.165, 1.54) is 13.5 Å². The molecule has 5 heteroatoms. The van der Waals surface area contributed by atoms with Gasteiger partial charge in [0.2, 0.25) is 0 Å². The van der Waals surface area contributed by atoms with Crippen molar-refractivity contribution < 1.29 is 9.53 Å². The molecular formula is C22H27N3O2. The summed E-state index contributed by atoms with van der Waals surface area (Å²) in [5.74, 6) is 6.07. The largest absolute Gasteiger partial charge is 0.465 e. The Morgan fingerprint density at radius 2 is 2.15 bits per heavy atom. The maximum Gasteiger partial charge on any atom is 0.337 e. The van der Waals surface area contributed by atoms with Crippen LogP contribution in [0.25, 0.3) is 0 Å². The van der Waals surface area contributed by atoms with Crippen LogP contribution in [0.2, 0.25) is 0 Å². The maximum absolute atomic E-state index is 11.7. The Morgan fingerprint density at radius 3 is 2.85 bits per heavy atom. The van der Waals surface area contributed by atoms with E-state index in [4.69, 9.17) is 4.74 Å². The molecule has 2 heterocycles. The summed E-state index contributed by atoms with van der Waals surface area (Å²) < 4.78 is 4.79. The highest BCUT2D eigenvalue weighted by atomic mass is 16.5. The van der Waals surface area contributed by atoms with E-state index >= 15 is 0 Å². The fourth-order valence-corrected chi connectivity index (χ4v) is 3.49. The van der Waals surface area contributed by atoms with Crippen LogP contribution >= 0.6 is 0 Å². The van der Waals surface area contributed by atoms with Crippen LogP contribution in [0.15, 0.2) is 34.8 Å². The predicted octanol–water partition coefficient (Wildman–Crippen LogP) is 2.15. The van der Waals surface area contributed by atoms with Crippen LogP contribution in [0.4, 0.5) is 0 Å². The van der Waals surface area contributed by atoms with E-state index in [0.29, 0.717) is 17.6 Å². The van der Waals surface area contributed by atoms with Gasteiger partial charge in [0.1, 0.15) is 0 Å². The van der Waals surface area contributed by atoms with Crippen molar-refractivity contribution in [3.63, 3.8) is 0 Å². The number of likely N-dealkylation sites (N-methyl/N-ethyl adjacent to an activating group) is 1. The number of ether oxygens (including phenoxy) is 1. The van der Waals surface area contributed by atoms with Crippen LogP contribution < -0.4 is 0 Å². The summed E-state index contributed by atoms with van der Waals surface area (Å²) in [4.78, 5) is 21.0. The summed E-state index contributed by atoms with van der Waals surface area (Å²) in [5, 5.41) is 0. The van der Waals surface area contributed by atoms with Gasteiger partial charge in [0.05, 0.1) is 19.2 Å². The highest BCUT2D eigenvalue weighted by molar-refractivity contribution is 5.90. The Morgan fingerprint density at radius 1 is 1.33 bits per heavy atom. The van der Waals surface area contributed by atoms with E-state index in [-0.39, 0.29) is 5.97 Å². The summed E-state index contributed by atoms with van der Waals surface area (Å²) in [5.41, 5.74) is 3.32. The van der Waals surface area contributed by atoms with Gasteiger partial charge in [-0.3, -0.25) is 9.89 Å². The molecule has 0 aliphatic carbocycles. The third-order valence-electron chi connectivity index (χ3n) is 5.29. The molecular weight excluding hydrogens is 338 g/mol. The Labute approximate surface area is 161 Å². The molecule has 27 heavy (non-hydrogen) atoms. The van der Waals surface area contributed by atoms with E-state index in [1.807, 2.05) is 19.2 Å². The maximum atomic E-state index is 11.7.